The Labute approximate surface area is 54.1 Å². The van der Waals surface area contributed by atoms with Crippen LogP contribution in [0.5, 0.6) is 0 Å². The van der Waals surface area contributed by atoms with Crippen LogP contribution in [0.15, 0.2) is 4.99 Å². The zero-order valence-electron chi connectivity index (χ0n) is 4.44. The summed E-state index contributed by atoms with van der Waals surface area (Å²) in [6, 6.07) is 0. The second kappa shape index (κ2) is 1.96. The van der Waals surface area contributed by atoms with Crippen molar-refractivity contribution in [1.82, 2.24) is 4.90 Å². The predicted octanol–water partition coefficient (Wildman–Crippen LogP) is 0.292. The zero-order valence-corrected chi connectivity index (χ0v) is 4.44. The summed E-state index contributed by atoms with van der Waals surface area (Å²) in [6.45, 7) is 1.39. The molecule has 0 fully saturated rings. The lowest BCUT2D eigenvalue weighted by Gasteiger charge is -2.13. The van der Waals surface area contributed by atoms with Gasteiger partial charge in [0.2, 0.25) is 6.54 Å². The molecule has 0 saturated carbocycles. The Bertz CT molecular complexity index is 185. The molecule has 0 aliphatic carbocycles. The highest BCUT2D eigenvalue weighted by atomic mass is 19.4. The van der Waals surface area contributed by atoms with Gasteiger partial charge in [0.05, 0.1) is 0 Å². The van der Waals surface area contributed by atoms with Gasteiger partial charge in [0.1, 0.15) is 0 Å². The molecule has 0 spiro atoms. The van der Waals surface area contributed by atoms with E-state index < -0.39 is 17.1 Å². The molecular weight excluding hydrogens is 149 g/mol. The van der Waals surface area contributed by atoms with Gasteiger partial charge in [-0.15, -0.1) is 13.2 Å². The largest absolute Gasteiger partial charge is 0.487 e. The highest BCUT2D eigenvalue weighted by Gasteiger charge is 2.40. The van der Waals surface area contributed by atoms with Crippen LogP contribution in [0.1, 0.15) is 0 Å². The first-order valence-corrected chi connectivity index (χ1v) is 2.14. The van der Waals surface area contributed by atoms with E-state index in [9.17, 15) is 18.0 Å². The minimum Gasteiger partial charge on any atom is -0.270 e. The van der Waals surface area contributed by atoms with E-state index in [0.29, 0.717) is 0 Å². The third-order valence-corrected chi connectivity index (χ3v) is 0.713. The summed E-state index contributed by atoms with van der Waals surface area (Å²) in [7, 11) is 0. The molecule has 0 bridgehead atoms. The molecule has 1 aliphatic heterocycles. The monoisotopic (exact) mass is 149 g/mol. The van der Waals surface area contributed by atoms with Gasteiger partial charge in [-0.25, -0.2) is 4.90 Å². The smallest absolute Gasteiger partial charge is 0.270 e. The zero-order chi connectivity index (χ0) is 7.78. The van der Waals surface area contributed by atoms with Crippen LogP contribution in [0.25, 0.3) is 0 Å². The summed E-state index contributed by atoms with van der Waals surface area (Å²) in [5.74, 6) is -1.07. The number of hydrogen-bond acceptors (Lipinski definition) is 2. The summed E-state index contributed by atoms with van der Waals surface area (Å²) >= 11 is 0. The fourth-order valence-corrected chi connectivity index (χ4v) is 0.361. The van der Waals surface area contributed by atoms with Crippen LogP contribution in [-0.2, 0) is 4.79 Å². The van der Waals surface area contributed by atoms with Crippen molar-refractivity contribution in [2.24, 2.45) is 4.99 Å². The lowest BCUT2D eigenvalue weighted by atomic mass is 10.6. The Hall–Kier alpha value is -1.07. The van der Waals surface area contributed by atoms with Crippen molar-refractivity contribution in [1.29, 1.82) is 0 Å². The molecule has 1 rings (SSSR count). The number of hydrogen-bond donors (Lipinski definition) is 0. The number of alkyl halides is 3. The highest BCUT2D eigenvalue weighted by Crippen LogP contribution is 2.22. The van der Waals surface area contributed by atoms with E-state index >= 15 is 0 Å². The molecule has 10 heavy (non-hydrogen) atoms. The average molecular weight is 149 g/mol. The SMILES string of the molecule is O=C1[C]N(C(F)(F)F)[C]=N1. The van der Waals surface area contributed by atoms with Gasteiger partial charge >= 0.3 is 6.30 Å². The average Bonchev–Trinajstić information content (AvgIpc) is 2.11. The second-order valence-electron chi connectivity index (χ2n) is 1.43. The second-order valence-corrected chi connectivity index (χ2v) is 1.43. The number of amides is 1. The molecule has 0 saturated heterocycles. The number of carbonyl (C=O) groups excluding carboxylic acids is 1. The van der Waals surface area contributed by atoms with Crippen molar-refractivity contribution in [3.05, 3.63) is 6.54 Å². The molecule has 0 unspecified atom stereocenters. The minimum absolute atomic E-state index is 0.449. The molecular formula is C4F3N2O. The first-order valence-electron chi connectivity index (χ1n) is 2.14. The van der Waals surface area contributed by atoms with Gasteiger partial charge in [0.15, 0.2) is 6.34 Å². The maximum absolute atomic E-state index is 11.5. The summed E-state index contributed by atoms with van der Waals surface area (Å²) in [5, 5.41) is 0. The third-order valence-electron chi connectivity index (χ3n) is 0.713. The first kappa shape index (κ1) is 7.04. The van der Waals surface area contributed by atoms with Gasteiger partial charge in [-0.1, -0.05) is 0 Å². The van der Waals surface area contributed by atoms with Crippen LogP contribution in [0.4, 0.5) is 13.2 Å². The van der Waals surface area contributed by atoms with E-state index in [1.54, 1.807) is 0 Å². The van der Waals surface area contributed by atoms with Crippen LogP contribution < -0.4 is 0 Å². The van der Waals surface area contributed by atoms with Crippen LogP contribution >= 0.6 is 0 Å². The molecule has 6 heteroatoms. The number of carbonyl (C=O) groups is 1. The van der Waals surface area contributed by atoms with E-state index in [1.165, 1.54) is 12.9 Å². The van der Waals surface area contributed by atoms with Crippen LogP contribution in [0.2, 0.25) is 0 Å². The van der Waals surface area contributed by atoms with Gasteiger partial charge in [0, 0.05) is 0 Å². The number of rotatable bonds is 0. The summed E-state index contributed by atoms with van der Waals surface area (Å²) in [4.78, 5) is 12.3. The van der Waals surface area contributed by atoms with E-state index in [0.717, 1.165) is 0 Å². The highest BCUT2D eigenvalue weighted by molar-refractivity contribution is 5.97. The van der Waals surface area contributed by atoms with Gasteiger partial charge in [-0.3, -0.25) is 4.79 Å². The minimum atomic E-state index is -4.64. The van der Waals surface area contributed by atoms with Gasteiger partial charge in [-0.2, -0.15) is 4.99 Å². The van der Waals surface area contributed by atoms with E-state index in [1.807, 2.05) is 0 Å². The molecule has 0 atom stereocenters. The van der Waals surface area contributed by atoms with E-state index in [2.05, 4.69) is 4.99 Å². The molecule has 3 nitrogen and oxygen atoms in total. The number of halogens is 3. The van der Waals surface area contributed by atoms with Crippen molar-refractivity contribution < 1.29 is 18.0 Å². The van der Waals surface area contributed by atoms with Gasteiger partial charge < -0.3 is 0 Å². The Kier molecular flexibility index (Phi) is 1.38. The quantitative estimate of drug-likeness (QED) is 0.464. The fraction of sp³-hybridized carbons (Fsp3) is 0.250. The lowest BCUT2D eigenvalue weighted by Crippen LogP contribution is -2.32. The molecule has 0 aromatic rings. The molecule has 3 radical (unpaired) electrons. The van der Waals surface area contributed by atoms with Crippen LogP contribution in [0, 0.1) is 6.54 Å². The lowest BCUT2D eigenvalue weighted by molar-refractivity contribution is -0.204. The summed E-state index contributed by atoms with van der Waals surface area (Å²) in [6.07, 6.45) is -3.22. The molecule has 1 heterocycles. The molecule has 0 aromatic heterocycles. The van der Waals surface area contributed by atoms with Crippen LogP contribution in [-0.4, -0.2) is 23.4 Å². The Morgan fingerprint density at radius 3 is 2.30 bits per heavy atom. The first-order chi connectivity index (χ1) is 4.50. The third kappa shape index (κ3) is 1.26. The van der Waals surface area contributed by atoms with Crippen molar-refractivity contribution >= 4 is 12.2 Å². The van der Waals surface area contributed by atoms with Crippen molar-refractivity contribution in [2.75, 3.05) is 0 Å². The Balaban J connectivity index is 2.63. The molecule has 0 N–H and O–H groups in total. The Morgan fingerprint density at radius 1 is 1.50 bits per heavy atom. The van der Waals surface area contributed by atoms with Crippen LogP contribution in [0.3, 0.4) is 0 Å². The fourth-order valence-electron chi connectivity index (χ4n) is 0.361. The van der Waals surface area contributed by atoms with Crippen molar-refractivity contribution in [3.8, 4) is 0 Å². The summed E-state index contributed by atoms with van der Waals surface area (Å²) < 4.78 is 34.6. The van der Waals surface area contributed by atoms with E-state index in [4.69, 9.17) is 0 Å². The maximum Gasteiger partial charge on any atom is 0.487 e. The standard InChI is InChI=1S/C4F3N2O/c5-4(6,7)9-1-3(10)8-2-9. The molecule has 53 valence electrons. The normalized spacial score (nSPS) is 18.7. The molecule has 1 aliphatic rings. The van der Waals surface area contributed by atoms with Crippen molar-refractivity contribution in [3.63, 3.8) is 0 Å². The molecule has 0 aromatic carbocycles. The number of nitrogens with zero attached hydrogens (tertiary/aromatic N) is 2. The topological polar surface area (TPSA) is 32.7 Å². The Morgan fingerprint density at radius 2 is 2.10 bits per heavy atom. The maximum atomic E-state index is 11.5. The van der Waals surface area contributed by atoms with Crippen molar-refractivity contribution in [2.45, 2.75) is 6.30 Å². The number of aliphatic imine (C=N–C) groups is 1. The molecule has 1 amide bonds. The van der Waals surface area contributed by atoms with Gasteiger partial charge in [0.25, 0.3) is 5.91 Å². The van der Waals surface area contributed by atoms with E-state index in [-0.39, 0.29) is 0 Å². The summed E-state index contributed by atoms with van der Waals surface area (Å²) in [5.41, 5.74) is 0. The predicted molar refractivity (Wildman–Crippen MR) is 23.6 cm³/mol. The van der Waals surface area contributed by atoms with Gasteiger partial charge in [-0.05, 0) is 0 Å².